The molecule has 1 atom stereocenters. The lowest BCUT2D eigenvalue weighted by Crippen LogP contribution is -2.15. The molecule has 0 saturated carbocycles. The Morgan fingerprint density at radius 3 is 3.08 bits per heavy atom. The molecule has 1 unspecified atom stereocenters. The quantitative estimate of drug-likeness (QED) is 0.621. The lowest BCUT2D eigenvalue weighted by atomic mass is 10.0. The summed E-state index contributed by atoms with van der Waals surface area (Å²) in [6, 6.07) is 9.23. The number of fused-ring (bicyclic) bond motifs is 1. The fraction of sp³-hybridized carbons (Fsp3) is 0.333. The molecule has 0 amide bonds. The minimum absolute atomic E-state index is 0.550. The Kier molecular flexibility index (Phi) is 2.19. The smallest absolute Gasteiger partial charge is 0.0386 e. The van der Waals surface area contributed by atoms with E-state index >= 15 is 0 Å². The molecule has 68 valence electrons. The van der Waals surface area contributed by atoms with Crippen molar-refractivity contribution in [2.45, 2.75) is 19.0 Å². The number of nitrogens with zero attached hydrogens (tertiary/aromatic N) is 1. The van der Waals surface area contributed by atoms with Crippen molar-refractivity contribution in [1.82, 2.24) is 4.90 Å². The molecule has 0 aliphatic carbocycles. The Morgan fingerprint density at radius 2 is 2.31 bits per heavy atom. The van der Waals surface area contributed by atoms with Gasteiger partial charge in [-0.05, 0) is 24.6 Å². The van der Waals surface area contributed by atoms with Crippen molar-refractivity contribution in [2.75, 3.05) is 7.05 Å². The summed E-state index contributed by atoms with van der Waals surface area (Å²) in [5.41, 5.74) is 2.95. The van der Waals surface area contributed by atoms with Gasteiger partial charge in [-0.15, -0.1) is 6.58 Å². The highest BCUT2D eigenvalue weighted by molar-refractivity contribution is 5.34. The van der Waals surface area contributed by atoms with Gasteiger partial charge in [-0.1, -0.05) is 30.3 Å². The molecule has 0 bridgehead atoms. The minimum Gasteiger partial charge on any atom is -0.295 e. The summed E-state index contributed by atoms with van der Waals surface area (Å²) in [7, 11) is 2.17. The summed E-state index contributed by atoms with van der Waals surface area (Å²) in [4.78, 5) is 2.38. The normalized spacial score (nSPS) is 21.5. The van der Waals surface area contributed by atoms with Crippen LogP contribution >= 0.6 is 0 Å². The van der Waals surface area contributed by atoms with Crippen molar-refractivity contribution in [2.24, 2.45) is 0 Å². The Labute approximate surface area is 79.7 Å². The molecule has 0 N–H and O–H groups in total. The van der Waals surface area contributed by atoms with Crippen LogP contribution in [0.5, 0.6) is 0 Å². The molecule has 1 aromatic rings. The van der Waals surface area contributed by atoms with Gasteiger partial charge in [0, 0.05) is 12.6 Å². The number of hydrogen-bond donors (Lipinski definition) is 0. The molecule has 0 spiro atoms. The van der Waals surface area contributed by atoms with Crippen molar-refractivity contribution >= 4 is 0 Å². The van der Waals surface area contributed by atoms with Gasteiger partial charge < -0.3 is 0 Å². The molecule has 13 heavy (non-hydrogen) atoms. The van der Waals surface area contributed by atoms with E-state index in [1.54, 1.807) is 0 Å². The van der Waals surface area contributed by atoms with E-state index in [9.17, 15) is 0 Å². The molecule has 1 heteroatoms. The van der Waals surface area contributed by atoms with Crippen LogP contribution in [0, 0.1) is 0 Å². The van der Waals surface area contributed by atoms with Crippen LogP contribution in [0.4, 0.5) is 0 Å². The van der Waals surface area contributed by atoms with Gasteiger partial charge >= 0.3 is 0 Å². The molecule has 1 aliphatic rings. The second-order valence-electron chi connectivity index (χ2n) is 3.65. The maximum absolute atomic E-state index is 3.80. The summed E-state index contributed by atoms with van der Waals surface area (Å²) in [5, 5.41) is 0. The van der Waals surface area contributed by atoms with Crippen molar-refractivity contribution in [3.05, 3.63) is 48.0 Å². The molecular formula is C12H15N. The summed E-state index contributed by atoms with van der Waals surface area (Å²) in [6.07, 6.45) is 3.05. The lowest BCUT2D eigenvalue weighted by molar-refractivity contribution is 0.270. The van der Waals surface area contributed by atoms with E-state index in [1.165, 1.54) is 11.1 Å². The lowest BCUT2D eigenvalue weighted by Gasteiger charge is -2.18. The summed E-state index contributed by atoms with van der Waals surface area (Å²) < 4.78 is 0. The van der Waals surface area contributed by atoms with E-state index in [2.05, 4.69) is 42.8 Å². The van der Waals surface area contributed by atoms with Crippen LogP contribution in [0.1, 0.15) is 23.6 Å². The highest BCUT2D eigenvalue weighted by Crippen LogP contribution is 2.34. The number of benzene rings is 1. The van der Waals surface area contributed by atoms with E-state index in [0.29, 0.717) is 6.04 Å². The monoisotopic (exact) mass is 173 g/mol. The fourth-order valence-corrected chi connectivity index (χ4v) is 2.08. The maximum Gasteiger partial charge on any atom is 0.0386 e. The first kappa shape index (κ1) is 8.52. The highest BCUT2D eigenvalue weighted by Gasteiger charge is 2.25. The van der Waals surface area contributed by atoms with Crippen LogP contribution in [0.15, 0.2) is 36.9 Å². The largest absolute Gasteiger partial charge is 0.295 e. The zero-order valence-electron chi connectivity index (χ0n) is 8.03. The van der Waals surface area contributed by atoms with Gasteiger partial charge in [0.1, 0.15) is 0 Å². The van der Waals surface area contributed by atoms with Gasteiger partial charge in [0.2, 0.25) is 0 Å². The molecular weight excluding hydrogens is 158 g/mol. The number of rotatable bonds is 2. The predicted molar refractivity (Wildman–Crippen MR) is 55.5 cm³/mol. The first-order valence-corrected chi connectivity index (χ1v) is 4.72. The third-order valence-electron chi connectivity index (χ3n) is 2.76. The Morgan fingerprint density at radius 1 is 1.54 bits per heavy atom. The Hall–Kier alpha value is -1.08. The first-order chi connectivity index (χ1) is 6.33. The summed E-state index contributed by atoms with van der Waals surface area (Å²) >= 11 is 0. The predicted octanol–water partition coefficient (Wildman–Crippen LogP) is 2.75. The first-order valence-electron chi connectivity index (χ1n) is 4.72. The van der Waals surface area contributed by atoms with Gasteiger partial charge in [0.05, 0.1) is 0 Å². The average molecular weight is 173 g/mol. The van der Waals surface area contributed by atoms with Crippen LogP contribution in [0.3, 0.4) is 0 Å². The van der Waals surface area contributed by atoms with E-state index < -0.39 is 0 Å². The van der Waals surface area contributed by atoms with Gasteiger partial charge in [0.25, 0.3) is 0 Å². The molecule has 1 heterocycles. The third-order valence-corrected chi connectivity index (χ3v) is 2.76. The number of hydrogen-bond acceptors (Lipinski definition) is 1. The Balaban J connectivity index is 2.34. The van der Waals surface area contributed by atoms with Crippen LogP contribution in [-0.4, -0.2) is 11.9 Å². The molecule has 0 fully saturated rings. The topological polar surface area (TPSA) is 3.24 Å². The SMILES string of the molecule is C=CCC1c2ccccc2CN1C. The second-order valence-corrected chi connectivity index (χ2v) is 3.65. The van der Waals surface area contributed by atoms with Crippen molar-refractivity contribution < 1.29 is 0 Å². The molecule has 0 aromatic heterocycles. The van der Waals surface area contributed by atoms with Crippen LogP contribution in [0.2, 0.25) is 0 Å². The Bertz CT molecular complexity index is 317. The summed E-state index contributed by atoms with van der Waals surface area (Å²) in [6.45, 7) is 4.88. The molecule has 1 nitrogen and oxygen atoms in total. The van der Waals surface area contributed by atoms with Gasteiger partial charge in [-0.3, -0.25) is 4.90 Å². The van der Waals surface area contributed by atoms with Gasteiger partial charge in [-0.2, -0.15) is 0 Å². The molecule has 0 radical (unpaired) electrons. The van der Waals surface area contributed by atoms with Crippen LogP contribution in [-0.2, 0) is 6.54 Å². The molecule has 1 aromatic carbocycles. The minimum atomic E-state index is 0.550. The van der Waals surface area contributed by atoms with E-state index in [-0.39, 0.29) is 0 Å². The van der Waals surface area contributed by atoms with Crippen molar-refractivity contribution in [1.29, 1.82) is 0 Å². The van der Waals surface area contributed by atoms with E-state index in [0.717, 1.165) is 13.0 Å². The van der Waals surface area contributed by atoms with Crippen molar-refractivity contribution in [3.63, 3.8) is 0 Å². The standard InChI is InChI=1S/C12H15N/c1-3-6-12-11-8-5-4-7-10(11)9-13(12)2/h3-5,7-8,12H,1,6,9H2,2H3. The van der Waals surface area contributed by atoms with E-state index in [4.69, 9.17) is 0 Å². The molecule has 2 rings (SSSR count). The van der Waals surface area contributed by atoms with Gasteiger partial charge in [-0.25, -0.2) is 0 Å². The molecule has 1 aliphatic heterocycles. The fourth-order valence-electron chi connectivity index (χ4n) is 2.08. The third kappa shape index (κ3) is 1.40. The van der Waals surface area contributed by atoms with Crippen LogP contribution < -0.4 is 0 Å². The molecule has 0 saturated heterocycles. The van der Waals surface area contributed by atoms with E-state index in [1.807, 2.05) is 6.08 Å². The van der Waals surface area contributed by atoms with Gasteiger partial charge in [0.15, 0.2) is 0 Å². The zero-order chi connectivity index (χ0) is 9.26. The van der Waals surface area contributed by atoms with Crippen LogP contribution in [0.25, 0.3) is 0 Å². The van der Waals surface area contributed by atoms with Crippen molar-refractivity contribution in [3.8, 4) is 0 Å². The summed E-state index contributed by atoms with van der Waals surface area (Å²) in [5.74, 6) is 0. The average Bonchev–Trinajstić information content (AvgIpc) is 2.44. The zero-order valence-corrected chi connectivity index (χ0v) is 8.03. The maximum atomic E-state index is 3.80. The second kappa shape index (κ2) is 3.35. The highest BCUT2D eigenvalue weighted by atomic mass is 15.1.